The molecule has 0 bridgehead atoms. The smallest absolute Gasteiger partial charge is 0.257 e. The number of carbonyl (C=O) groups is 1. The van der Waals surface area contributed by atoms with Crippen molar-refractivity contribution in [3.8, 4) is 11.5 Å². The van der Waals surface area contributed by atoms with Gasteiger partial charge in [0.2, 0.25) is 0 Å². The topological polar surface area (TPSA) is 88.2 Å². The second-order valence-corrected chi connectivity index (χ2v) is 6.05. The Hall–Kier alpha value is -2.21. The fourth-order valence-corrected chi connectivity index (χ4v) is 2.40. The van der Waals surface area contributed by atoms with Gasteiger partial charge in [-0.1, -0.05) is 5.16 Å². The summed E-state index contributed by atoms with van der Waals surface area (Å²) in [7, 11) is 0. The molecule has 1 amide bonds. The van der Waals surface area contributed by atoms with E-state index >= 15 is 0 Å². The van der Waals surface area contributed by atoms with Crippen molar-refractivity contribution >= 4 is 5.91 Å². The summed E-state index contributed by atoms with van der Waals surface area (Å²) in [6.07, 6.45) is 3.70. The van der Waals surface area contributed by atoms with E-state index in [1.165, 1.54) is 0 Å². The lowest BCUT2D eigenvalue weighted by molar-refractivity contribution is 0.0936. The zero-order chi connectivity index (χ0) is 16.2. The van der Waals surface area contributed by atoms with Gasteiger partial charge in [-0.2, -0.15) is 4.98 Å². The lowest BCUT2D eigenvalue weighted by Gasteiger charge is -2.13. The number of rotatable bonds is 7. The van der Waals surface area contributed by atoms with Crippen LogP contribution in [0.5, 0.6) is 0 Å². The Morgan fingerprint density at radius 2 is 2.13 bits per heavy atom. The average molecular weight is 315 g/mol. The van der Waals surface area contributed by atoms with Crippen LogP contribution < -0.4 is 5.32 Å². The molecule has 6 heteroatoms. The van der Waals surface area contributed by atoms with Crippen molar-refractivity contribution in [2.24, 2.45) is 0 Å². The summed E-state index contributed by atoms with van der Waals surface area (Å²) in [5, 5.41) is 15.7. The molecule has 1 aliphatic rings. The predicted octanol–water partition coefficient (Wildman–Crippen LogP) is 2.50. The van der Waals surface area contributed by atoms with Crippen molar-refractivity contribution in [1.82, 2.24) is 15.5 Å². The van der Waals surface area contributed by atoms with E-state index in [4.69, 9.17) is 9.63 Å². The predicted molar refractivity (Wildman–Crippen MR) is 85.0 cm³/mol. The summed E-state index contributed by atoms with van der Waals surface area (Å²) in [6.45, 7) is 2.07. The van der Waals surface area contributed by atoms with Crippen molar-refractivity contribution in [2.75, 3.05) is 6.61 Å². The summed E-state index contributed by atoms with van der Waals surface area (Å²) in [6, 6.07) is 7.18. The molecule has 1 aromatic carbocycles. The third-order valence-corrected chi connectivity index (χ3v) is 3.95. The Labute approximate surface area is 134 Å². The molecule has 2 N–H and O–H groups in total. The molecule has 1 saturated carbocycles. The van der Waals surface area contributed by atoms with E-state index in [-0.39, 0.29) is 18.6 Å². The maximum absolute atomic E-state index is 12.1. The summed E-state index contributed by atoms with van der Waals surface area (Å²) < 4.78 is 5.28. The molecule has 1 aliphatic carbocycles. The molecule has 2 aromatic rings. The normalized spacial score (nSPS) is 15.4. The van der Waals surface area contributed by atoms with Gasteiger partial charge in [0.25, 0.3) is 11.8 Å². The first kappa shape index (κ1) is 15.7. The maximum atomic E-state index is 12.1. The number of nitrogens with zero attached hydrogens (tertiary/aromatic N) is 2. The molecule has 1 fully saturated rings. The van der Waals surface area contributed by atoms with Crippen molar-refractivity contribution in [2.45, 2.75) is 44.6 Å². The summed E-state index contributed by atoms with van der Waals surface area (Å²) in [4.78, 5) is 16.5. The van der Waals surface area contributed by atoms with Gasteiger partial charge in [-0.25, -0.2) is 0 Å². The van der Waals surface area contributed by atoms with Gasteiger partial charge in [-0.05, 0) is 56.9 Å². The molecular formula is C17H21N3O3. The number of benzene rings is 1. The second-order valence-electron chi connectivity index (χ2n) is 6.05. The van der Waals surface area contributed by atoms with Gasteiger partial charge in [0.05, 0.1) is 0 Å². The van der Waals surface area contributed by atoms with Crippen LogP contribution in [0.2, 0.25) is 0 Å². The standard InChI is InChI=1S/C17H21N3O3/c1-11(3-2-10-21)18-16(22)13-6-8-14(9-7-13)17-19-15(20-23-17)12-4-5-12/h6-9,11-12,21H,2-5,10H2,1H3,(H,18,22). The highest BCUT2D eigenvalue weighted by Crippen LogP contribution is 2.38. The van der Waals surface area contributed by atoms with E-state index in [2.05, 4.69) is 15.5 Å². The molecule has 3 rings (SSSR count). The van der Waals surface area contributed by atoms with Crippen LogP contribution in [0.15, 0.2) is 28.8 Å². The number of aliphatic hydroxyl groups is 1. The van der Waals surface area contributed by atoms with Gasteiger partial charge in [0, 0.05) is 29.7 Å². The van der Waals surface area contributed by atoms with E-state index < -0.39 is 0 Å². The van der Waals surface area contributed by atoms with Gasteiger partial charge in [-0.15, -0.1) is 0 Å². The largest absolute Gasteiger partial charge is 0.396 e. The SMILES string of the molecule is CC(CCCO)NC(=O)c1ccc(-c2nc(C3CC3)no2)cc1. The van der Waals surface area contributed by atoms with Crippen molar-refractivity contribution in [3.05, 3.63) is 35.7 Å². The lowest BCUT2D eigenvalue weighted by atomic mass is 10.1. The Bertz CT molecular complexity index is 662. The first-order chi connectivity index (χ1) is 11.2. The van der Waals surface area contributed by atoms with Crippen LogP contribution in [0, 0.1) is 0 Å². The van der Waals surface area contributed by atoms with Gasteiger partial charge in [-0.3, -0.25) is 4.79 Å². The Morgan fingerprint density at radius 1 is 1.39 bits per heavy atom. The fraction of sp³-hybridized carbons (Fsp3) is 0.471. The second kappa shape index (κ2) is 6.91. The van der Waals surface area contributed by atoms with Crippen LogP contribution in [-0.2, 0) is 0 Å². The Morgan fingerprint density at radius 3 is 2.78 bits per heavy atom. The number of hydrogen-bond acceptors (Lipinski definition) is 5. The molecular weight excluding hydrogens is 294 g/mol. The van der Waals surface area contributed by atoms with Crippen LogP contribution in [0.4, 0.5) is 0 Å². The van der Waals surface area contributed by atoms with Crippen molar-refractivity contribution in [1.29, 1.82) is 0 Å². The van der Waals surface area contributed by atoms with Gasteiger partial charge >= 0.3 is 0 Å². The minimum atomic E-state index is -0.119. The molecule has 122 valence electrons. The van der Waals surface area contributed by atoms with Crippen LogP contribution in [-0.4, -0.2) is 33.8 Å². The molecule has 0 saturated heterocycles. The van der Waals surface area contributed by atoms with Gasteiger partial charge in [0.15, 0.2) is 5.82 Å². The molecule has 0 spiro atoms. The first-order valence-corrected chi connectivity index (χ1v) is 8.03. The summed E-state index contributed by atoms with van der Waals surface area (Å²) >= 11 is 0. The molecule has 0 aliphatic heterocycles. The Kier molecular flexibility index (Phi) is 4.71. The molecule has 1 atom stereocenters. The molecule has 0 radical (unpaired) electrons. The third-order valence-electron chi connectivity index (χ3n) is 3.95. The monoisotopic (exact) mass is 315 g/mol. The summed E-state index contributed by atoms with van der Waals surface area (Å²) in [5.41, 5.74) is 1.40. The first-order valence-electron chi connectivity index (χ1n) is 8.03. The lowest BCUT2D eigenvalue weighted by Crippen LogP contribution is -2.32. The number of hydrogen-bond donors (Lipinski definition) is 2. The number of aromatic nitrogens is 2. The summed E-state index contributed by atoms with van der Waals surface area (Å²) in [5.74, 6) is 1.61. The highest BCUT2D eigenvalue weighted by atomic mass is 16.5. The fourth-order valence-electron chi connectivity index (χ4n) is 2.40. The number of carbonyl (C=O) groups excluding carboxylic acids is 1. The van der Waals surface area contributed by atoms with E-state index in [0.717, 1.165) is 30.7 Å². The average Bonchev–Trinajstić information content (AvgIpc) is 3.30. The zero-order valence-corrected chi connectivity index (χ0v) is 13.2. The van der Waals surface area contributed by atoms with Gasteiger partial charge in [0.1, 0.15) is 0 Å². The van der Waals surface area contributed by atoms with E-state index in [1.807, 2.05) is 19.1 Å². The molecule has 6 nitrogen and oxygen atoms in total. The van der Waals surface area contributed by atoms with E-state index in [9.17, 15) is 4.79 Å². The highest BCUT2D eigenvalue weighted by Gasteiger charge is 2.28. The third kappa shape index (κ3) is 3.96. The van der Waals surface area contributed by atoms with Crippen LogP contribution in [0.3, 0.4) is 0 Å². The molecule has 1 aromatic heterocycles. The number of amides is 1. The minimum absolute atomic E-state index is 0.0337. The quantitative estimate of drug-likeness (QED) is 0.819. The van der Waals surface area contributed by atoms with Crippen LogP contribution in [0.25, 0.3) is 11.5 Å². The molecule has 23 heavy (non-hydrogen) atoms. The highest BCUT2D eigenvalue weighted by molar-refractivity contribution is 5.94. The van der Waals surface area contributed by atoms with Gasteiger partial charge < -0.3 is 14.9 Å². The Balaban J connectivity index is 1.62. The number of aliphatic hydroxyl groups excluding tert-OH is 1. The van der Waals surface area contributed by atoms with E-state index in [0.29, 0.717) is 23.8 Å². The zero-order valence-electron chi connectivity index (χ0n) is 13.2. The number of nitrogens with one attached hydrogen (secondary N) is 1. The molecule has 1 unspecified atom stereocenters. The maximum Gasteiger partial charge on any atom is 0.257 e. The van der Waals surface area contributed by atoms with Crippen LogP contribution in [0.1, 0.15) is 54.7 Å². The minimum Gasteiger partial charge on any atom is -0.396 e. The molecule has 1 heterocycles. The van der Waals surface area contributed by atoms with Crippen LogP contribution >= 0.6 is 0 Å². The van der Waals surface area contributed by atoms with Crippen molar-refractivity contribution in [3.63, 3.8) is 0 Å². The van der Waals surface area contributed by atoms with E-state index in [1.54, 1.807) is 12.1 Å². The van der Waals surface area contributed by atoms with Crippen molar-refractivity contribution < 1.29 is 14.4 Å².